The molecule has 2 aromatic carbocycles. The van der Waals surface area contributed by atoms with Crippen molar-refractivity contribution in [3.8, 4) is 0 Å². The van der Waals surface area contributed by atoms with Crippen LogP contribution in [-0.2, 0) is 9.53 Å². The Labute approximate surface area is 185 Å². The first-order chi connectivity index (χ1) is 14.5. The second kappa shape index (κ2) is 8.71. The molecular weight excluding hydrogens is 425 g/mol. The van der Waals surface area contributed by atoms with E-state index in [-0.39, 0.29) is 11.7 Å². The molecule has 0 radical (unpaired) electrons. The van der Waals surface area contributed by atoms with Crippen LogP contribution in [0, 0.1) is 5.82 Å². The van der Waals surface area contributed by atoms with Crippen molar-refractivity contribution in [1.82, 2.24) is 10.2 Å². The molecule has 0 bridgehead atoms. The van der Waals surface area contributed by atoms with Gasteiger partial charge in [-0.15, -0.1) is 0 Å². The second-order valence-corrected chi connectivity index (χ2v) is 7.97. The maximum atomic E-state index is 13.6. The Morgan fingerprint density at radius 1 is 1.13 bits per heavy atom. The Kier molecular flexibility index (Phi) is 6.04. The first-order valence-corrected chi connectivity index (χ1v) is 10.4. The van der Waals surface area contributed by atoms with Crippen molar-refractivity contribution in [3.05, 3.63) is 76.2 Å². The molecule has 1 saturated heterocycles. The molecule has 0 saturated carbocycles. The summed E-state index contributed by atoms with van der Waals surface area (Å²) in [6, 6.07) is 12.9. The summed E-state index contributed by atoms with van der Waals surface area (Å²) in [5.74, 6) is -0.416. The van der Waals surface area contributed by atoms with Crippen LogP contribution < -0.4 is 10.2 Å². The lowest BCUT2D eigenvalue weighted by Gasteiger charge is -2.40. The van der Waals surface area contributed by atoms with Gasteiger partial charge in [0.2, 0.25) is 0 Å². The van der Waals surface area contributed by atoms with E-state index in [4.69, 9.17) is 28.6 Å². The van der Waals surface area contributed by atoms with Crippen LogP contribution in [0.3, 0.4) is 0 Å². The molecule has 5 nitrogen and oxygen atoms in total. The fourth-order valence-electron chi connectivity index (χ4n) is 3.76. The van der Waals surface area contributed by atoms with Crippen LogP contribution in [0.25, 0.3) is 0 Å². The summed E-state index contributed by atoms with van der Waals surface area (Å²) in [6.07, 6.45) is 0. The van der Waals surface area contributed by atoms with Gasteiger partial charge < -0.3 is 15.0 Å². The maximum absolute atomic E-state index is 13.6. The number of morpholine rings is 1. The average Bonchev–Trinajstić information content (AvgIpc) is 2.75. The predicted octanol–water partition coefficient (Wildman–Crippen LogP) is 4.05. The Morgan fingerprint density at radius 3 is 2.40 bits per heavy atom. The van der Waals surface area contributed by atoms with Gasteiger partial charge in [0.25, 0.3) is 5.91 Å². The Hall–Kier alpha value is -2.48. The summed E-state index contributed by atoms with van der Waals surface area (Å²) < 4.78 is 18.9. The largest absolute Gasteiger partial charge is 0.378 e. The number of allylic oxidation sites excluding steroid dienone is 1. The molecular formula is C22H21ClFN3O2S. The number of anilines is 1. The van der Waals surface area contributed by atoms with E-state index in [1.54, 1.807) is 29.2 Å². The highest BCUT2D eigenvalue weighted by atomic mass is 35.5. The van der Waals surface area contributed by atoms with Crippen LogP contribution in [0.2, 0.25) is 5.02 Å². The highest BCUT2D eigenvalue weighted by Gasteiger charge is 2.36. The predicted molar refractivity (Wildman–Crippen MR) is 119 cm³/mol. The number of hydrogen-bond donors (Lipinski definition) is 1. The Bertz CT molecular complexity index is 988. The number of ether oxygens (including phenoxy) is 1. The average molecular weight is 446 g/mol. The van der Waals surface area contributed by atoms with Crippen molar-refractivity contribution in [2.75, 3.05) is 31.2 Å². The first-order valence-electron chi connectivity index (χ1n) is 9.65. The zero-order chi connectivity index (χ0) is 21.3. The van der Waals surface area contributed by atoms with Gasteiger partial charge in [-0.05, 0) is 61.1 Å². The third-order valence-electron chi connectivity index (χ3n) is 5.30. The molecule has 2 aromatic rings. The molecule has 1 amide bonds. The molecule has 1 N–H and O–H groups in total. The summed E-state index contributed by atoms with van der Waals surface area (Å²) in [5, 5.41) is 4.36. The van der Waals surface area contributed by atoms with Crippen molar-refractivity contribution in [1.29, 1.82) is 0 Å². The quantitative estimate of drug-likeness (QED) is 0.722. The van der Waals surface area contributed by atoms with E-state index < -0.39 is 6.04 Å². The van der Waals surface area contributed by atoms with Gasteiger partial charge in [-0.2, -0.15) is 0 Å². The molecule has 4 rings (SSSR count). The van der Waals surface area contributed by atoms with Crippen LogP contribution in [0.1, 0.15) is 18.5 Å². The molecule has 8 heteroatoms. The van der Waals surface area contributed by atoms with E-state index in [0.29, 0.717) is 42.0 Å². The molecule has 0 unspecified atom stereocenters. The topological polar surface area (TPSA) is 44.8 Å². The Balaban J connectivity index is 1.80. The number of carbonyl (C=O) groups excluding carboxylic acids is 1. The van der Waals surface area contributed by atoms with Crippen LogP contribution in [0.5, 0.6) is 0 Å². The van der Waals surface area contributed by atoms with Gasteiger partial charge in [-0.1, -0.05) is 23.7 Å². The van der Waals surface area contributed by atoms with Gasteiger partial charge in [0.1, 0.15) is 5.82 Å². The van der Waals surface area contributed by atoms with E-state index in [2.05, 4.69) is 5.32 Å². The third-order valence-corrected chi connectivity index (χ3v) is 5.85. The fourth-order valence-corrected chi connectivity index (χ4v) is 4.25. The highest BCUT2D eigenvalue weighted by molar-refractivity contribution is 7.80. The molecule has 30 heavy (non-hydrogen) atoms. The molecule has 2 aliphatic heterocycles. The number of carbonyl (C=O) groups is 1. The van der Waals surface area contributed by atoms with Gasteiger partial charge in [0, 0.05) is 29.5 Å². The van der Waals surface area contributed by atoms with Gasteiger partial charge in [-0.25, -0.2) is 4.39 Å². The highest BCUT2D eigenvalue weighted by Crippen LogP contribution is 2.35. The van der Waals surface area contributed by atoms with E-state index in [0.717, 1.165) is 16.9 Å². The number of nitrogens with zero attached hydrogens (tertiary/aromatic N) is 2. The van der Waals surface area contributed by atoms with Gasteiger partial charge in [0.05, 0.1) is 24.8 Å². The van der Waals surface area contributed by atoms with Crippen molar-refractivity contribution < 1.29 is 13.9 Å². The molecule has 1 fully saturated rings. The maximum Gasteiger partial charge on any atom is 0.254 e. The minimum Gasteiger partial charge on any atom is -0.378 e. The fraction of sp³-hybridized carbons (Fsp3) is 0.273. The van der Waals surface area contributed by atoms with Crippen molar-refractivity contribution >= 4 is 40.5 Å². The molecule has 2 heterocycles. The smallest absolute Gasteiger partial charge is 0.254 e. The zero-order valence-corrected chi connectivity index (χ0v) is 18.0. The number of benzene rings is 2. The van der Waals surface area contributed by atoms with E-state index in [9.17, 15) is 9.18 Å². The summed E-state index contributed by atoms with van der Waals surface area (Å²) >= 11 is 11.7. The molecule has 156 valence electrons. The summed E-state index contributed by atoms with van der Waals surface area (Å²) in [7, 11) is 0. The second-order valence-electron chi connectivity index (χ2n) is 7.15. The lowest BCUT2D eigenvalue weighted by Crippen LogP contribution is -2.51. The monoisotopic (exact) mass is 445 g/mol. The number of amides is 1. The van der Waals surface area contributed by atoms with Crippen LogP contribution in [0.4, 0.5) is 10.1 Å². The van der Waals surface area contributed by atoms with Crippen molar-refractivity contribution in [2.45, 2.75) is 13.0 Å². The van der Waals surface area contributed by atoms with E-state index in [1.807, 2.05) is 24.0 Å². The standard InChI is InChI=1S/C22H21ClFN3O2S/c1-14-19(21(28)26-10-12-29-13-11-26)20(15-2-6-17(24)7-3-15)25-22(30)27(14)18-8-4-16(23)5-9-18/h2-9,20H,10-13H2,1H3,(H,25,30)/t20-/m0/s1. The van der Waals surface area contributed by atoms with Gasteiger partial charge >= 0.3 is 0 Å². The minimum atomic E-state index is -0.475. The van der Waals surface area contributed by atoms with Crippen LogP contribution in [-0.4, -0.2) is 42.2 Å². The lowest BCUT2D eigenvalue weighted by atomic mass is 9.93. The zero-order valence-electron chi connectivity index (χ0n) is 16.4. The summed E-state index contributed by atoms with van der Waals surface area (Å²) in [5.41, 5.74) is 2.88. The Morgan fingerprint density at radius 2 is 1.77 bits per heavy atom. The number of thiocarbonyl (C=S) groups is 1. The summed E-state index contributed by atoms with van der Waals surface area (Å²) in [4.78, 5) is 17.2. The van der Waals surface area contributed by atoms with Gasteiger partial charge in [-0.3, -0.25) is 9.69 Å². The molecule has 1 atom stereocenters. The molecule has 2 aliphatic rings. The normalized spacial score (nSPS) is 19.7. The van der Waals surface area contributed by atoms with E-state index in [1.165, 1.54) is 12.1 Å². The summed E-state index contributed by atoms with van der Waals surface area (Å²) in [6.45, 7) is 3.94. The molecule has 0 aliphatic carbocycles. The number of nitrogens with one attached hydrogen (secondary N) is 1. The number of halogens is 2. The molecule has 0 spiro atoms. The first kappa shape index (κ1) is 20.8. The number of hydrogen-bond acceptors (Lipinski definition) is 3. The van der Waals surface area contributed by atoms with Crippen LogP contribution in [0.15, 0.2) is 59.8 Å². The number of rotatable bonds is 3. The van der Waals surface area contributed by atoms with Crippen LogP contribution >= 0.6 is 23.8 Å². The van der Waals surface area contributed by atoms with Crippen molar-refractivity contribution in [3.63, 3.8) is 0 Å². The van der Waals surface area contributed by atoms with Gasteiger partial charge in [0.15, 0.2) is 5.11 Å². The SMILES string of the molecule is CC1=C(C(=O)N2CCOCC2)[C@H](c2ccc(F)cc2)NC(=S)N1c1ccc(Cl)cc1. The van der Waals surface area contributed by atoms with Crippen molar-refractivity contribution in [2.24, 2.45) is 0 Å². The van der Waals surface area contributed by atoms with E-state index >= 15 is 0 Å². The lowest BCUT2D eigenvalue weighted by molar-refractivity contribution is -0.131. The minimum absolute atomic E-state index is 0.0842. The molecule has 0 aromatic heterocycles. The third kappa shape index (κ3) is 4.05.